The Morgan fingerprint density at radius 2 is 2.00 bits per heavy atom. The second-order valence-electron chi connectivity index (χ2n) is 7.55. The maximum Gasteiger partial charge on any atom is 0.245 e. The Kier molecular flexibility index (Phi) is 7.83. The first-order chi connectivity index (χ1) is 14.8. The van der Waals surface area contributed by atoms with Crippen molar-refractivity contribution in [1.82, 2.24) is 0 Å². The van der Waals surface area contributed by atoms with Crippen molar-refractivity contribution in [2.75, 3.05) is 6.61 Å². The summed E-state index contributed by atoms with van der Waals surface area (Å²) in [6.45, 7) is 1.20. The number of aliphatic hydroxyl groups is 2. The molecule has 0 bridgehead atoms. The van der Waals surface area contributed by atoms with Crippen LogP contribution in [-0.2, 0) is 16.0 Å². The topological polar surface area (TPSA) is 105 Å². The zero-order valence-electron chi connectivity index (χ0n) is 17.2. The van der Waals surface area contributed by atoms with E-state index in [1.165, 1.54) is 6.92 Å². The van der Waals surface area contributed by atoms with Crippen molar-refractivity contribution in [3.63, 3.8) is 0 Å². The molecule has 2 aromatic rings. The summed E-state index contributed by atoms with van der Waals surface area (Å²) in [5, 5.41) is 20.1. The summed E-state index contributed by atoms with van der Waals surface area (Å²) in [6, 6.07) is 13.4. The van der Waals surface area contributed by atoms with Crippen LogP contribution >= 0.6 is 11.6 Å². The SMILES string of the molecule is CC(=O)N=C(N)C#Cc1ccc(Cc2cc([C@H]3C[C@@H](O)C[C@@H](CO)O3)ccc2Cl)cc1. The minimum Gasteiger partial charge on any atom is -0.394 e. The fraction of sp³-hybridized carbons (Fsp3) is 0.333. The van der Waals surface area contributed by atoms with Crippen LogP contribution in [0.25, 0.3) is 0 Å². The van der Waals surface area contributed by atoms with Crippen LogP contribution in [0.4, 0.5) is 0 Å². The van der Waals surface area contributed by atoms with E-state index >= 15 is 0 Å². The molecule has 3 atom stereocenters. The Bertz CT molecular complexity index is 1020. The number of hydrogen-bond acceptors (Lipinski definition) is 4. The standard InChI is InChI=1S/C24H25ClN2O4/c1-15(29)27-24(26)9-6-16-2-4-17(5-3-16)10-19-11-18(7-8-22(19)25)23-13-20(30)12-21(14-28)31-23/h2-5,7-8,11,20-21,23,28,30H,10,12-14H2,1H3,(H2,26,27,29)/t20-,21-,23+/m0/s1. The molecule has 1 fully saturated rings. The van der Waals surface area contributed by atoms with Gasteiger partial charge in [-0.15, -0.1) is 0 Å². The zero-order valence-corrected chi connectivity index (χ0v) is 18.0. The van der Waals surface area contributed by atoms with E-state index in [9.17, 15) is 15.0 Å². The molecule has 0 unspecified atom stereocenters. The van der Waals surface area contributed by atoms with Crippen LogP contribution in [0.1, 0.15) is 48.1 Å². The third-order valence-corrected chi connectivity index (χ3v) is 5.35. The van der Waals surface area contributed by atoms with Gasteiger partial charge in [-0.25, -0.2) is 0 Å². The van der Waals surface area contributed by atoms with Gasteiger partial charge < -0.3 is 20.7 Å². The van der Waals surface area contributed by atoms with Gasteiger partial charge in [-0.2, -0.15) is 4.99 Å². The van der Waals surface area contributed by atoms with Crippen molar-refractivity contribution < 1.29 is 19.7 Å². The van der Waals surface area contributed by atoms with Gasteiger partial charge in [0.05, 0.1) is 24.9 Å². The number of benzene rings is 2. The fourth-order valence-corrected chi connectivity index (χ4v) is 3.70. The molecule has 0 aromatic heterocycles. The van der Waals surface area contributed by atoms with Crippen molar-refractivity contribution in [3.8, 4) is 11.8 Å². The molecule has 4 N–H and O–H groups in total. The summed E-state index contributed by atoms with van der Waals surface area (Å²) in [6.07, 6.45) is 0.397. The quantitative estimate of drug-likeness (QED) is 0.385. The van der Waals surface area contributed by atoms with Crippen LogP contribution in [0.5, 0.6) is 0 Å². The lowest BCUT2D eigenvalue weighted by Crippen LogP contribution is -2.33. The van der Waals surface area contributed by atoms with E-state index in [0.717, 1.165) is 22.3 Å². The van der Waals surface area contributed by atoms with E-state index in [2.05, 4.69) is 16.8 Å². The molecule has 3 rings (SSSR count). The first kappa shape index (κ1) is 23.0. The number of amidine groups is 1. The Hall–Kier alpha value is -2.69. The predicted molar refractivity (Wildman–Crippen MR) is 120 cm³/mol. The molecule has 1 aliphatic rings. The van der Waals surface area contributed by atoms with E-state index in [4.69, 9.17) is 22.1 Å². The monoisotopic (exact) mass is 440 g/mol. The van der Waals surface area contributed by atoms with E-state index < -0.39 is 6.10 Å². The molecule has 0 saturated carbocycles. The van der Waals surface area contributed by atoms with E-state index in [1.807, 2.05) is 42.5 Å². The van der Waals surface area contributed by atoms with Gasteiger partial charge in [0.2, 0.25) is 5.91 Å². The number of aliphatic imine (C=N–C) groups is 1. The van der Waals surface area contributed by atoms with Gasteiger partial charge in [-0.3, -0.25) is 4.79 Å². The molecule has 1 amide bonds. The molecule has 31 heavy (non-hydrogen) atoms. The molecule has 6 nitrogen and oxygen atoms in total. The molecule has 7 heteroatoms. The molecule has 1 saturated heterocycles. The number of aliphatic hydroxyl groups excluding tert-OH is 2. The summed E-state index contributed by atoms with van der Waals surface area (Å²) in [4.78, 5) is 14.5. The molecule has 2 aromatic carbocycles. The van der Waals surface area contributed by atoms with Crippen molar-refractivity contribution in [2.45, 2.75) is 44.5 Å². The van der Waals surface area contributed by atoms with E-state index in [1.54, 1.807) is 0 Å². The smallest absolute Gasteiger partial charge is 0.245 e. The van der Waals surface area contributed by atoms with Crippen LogP contribution in [0.2, 0.25) is 5.02 Å². The number of nitrogens with zero attached hydrogens (tertiary/aromatic N) is 1. The molecular weight excluding hydrogens is 416 g/mol. The molecule has 0 radical (unpaired) electrons. The summed E-state index contributed by atoms with van der Waals surface area (Å²) in [7, 11) is 0. The van der Waals surface area contributed by atoms with Crippen LogP contribution < -0.4 is 5.73 Å². The highest BCUT2D eigenvalue weighted by atomic mass is 35.5. The lowest BCUT2D eigenvalue weighted by atomic mass is 9.94. The van der Waals surface area contributed by atoms with Crippen molar-refractivity contribution in [3.05, 3.63) is 69.7 Å². The van der Waals surface area contributed by atoms with Crippen LogP contribution in [0, 0.1) is 11.8 Å². The van der Waals surface area contributed by atoms with Crippen LogP contribution in [0.15, 0.2) is 47.5 Å². The van der Waals surface area contributed by atoms with Gasteiger partial charge in [0.15, 0.2) is 5.84 Å². The van der Waals surface area contributed by atoms with Crippen LogP contribution in [-0.4, -0.2) is 40.8 Å². The molecule has 1 heterocycles. The van der Waals surface area contributed by atoms with Crippen molar-refractivity contribution in [2.24, 2.45) is 10.7 Å². The highest BCUT2D eigenvalue weighted by Gasteiger charge is 2.29. The predicted octanol–water partition coefficient (Wildman–Crippen LogP) is 2.76. The average Bonchev–Trinajstić information content (AvgIpc) is 2.74. The largest absolute Gasteiger partial charge is 0.394 e. The first-order valence-electron chi connectivity index (χ1n) is 10.0. The number of nitrogens with two attached hydrogens (primary N) is 1. The minimum atomic E-state index is -0.502. The summed E-state index contributed by atoms with van der Waals surface area (Å²) >= 11 is 6.42. The van der Waals surface area contributed by atoms with E-state index in [0.29, 0.717) is 24.3 Å². The Morgan fingerprint density at radius 3 is 2.68 bits per heavy atom. The van der Waals surface area contributed by atoms with Crippen LogP contribution in [0.3, 0.4) is 0 Å². The van der Waals surface area contributed by atoms with Gasteiger partial charge in [-0.05, 0) is 47.2 Å². The van der Waals surface area contributed by atoms with Gasteiger partial charge in [0.1, 0.15) is 0 Å². The summed E-state index contributed by atoms with van der Waals surface area (Å²) in [5.74, 6) is 5.12. The maximum atomic E-state index is 10.9. The van der Waals surface area contributed by atoms with Gasteiger partial charge >= 0.3 is 0 Å². The van der Waals surface area contributed by atoms with Crippen molar-refractivity contribution >= 4 is 23.3 Å². The highest BCUT2D eigenvalue weighted by Crippen LogP contribution is 2.33. The third kappa shape index (κ3) is 6.65. The minimum absolute atomic E-state index is 0.0151. The normalized spacial score (nSPS) is 21.3. The molecule has 1 aliphatic heterocycles. The van der Waals surface area contributed by atoms with E-state index in [-0.39, 0.29) is 30.6 Å². The second kappa shape index (κ2) is 10.6. The molecular formula is C24H25ClN2O4. The number of amides is 1. The summed E-state index contributed by atoms with van der Waals surface area (Å²) in [5.41, 5.74) is 9.25. The Labute approximate surface area is 186 Å². The first-order valence-corrected chi connectivity index (χ1v) is 10.4. The second-order valence-corrected chi connectivity index (χ2v) is 7.95. The molecule has 162 valence electrons. The lowest BCUT2D eigenvalue weighted by molar-refractivity contribution is -0.115. The fourth-order valence-electron chi connectivity index (χ4n) is 3.51. The number of rotatable bonds is 4. The number of hydrogen-bond donors (Lipinski definition) is 3. The number of carbonyl (C=O) groups is 1. The van der Waals surface area contributed by atoms with Gasteiger partial charge in [0, 0.05) is 30.4 Å². The average molecular weight is 441 g/mol. The third-order valence-electron chi connectivity index (χ3n) is 4.98. The molecule has 0 aliphatic carbocycles. The number of ether oxygens (including phenoxy) is 1. The Morgan fingerprint density at radius 1 is 1.26 bits per heavy atom. The van der Waals surface area contributed by atoms with Gasteiger partial charge in [-0.1, -0.05) is 41.8 Å². The van der Waals surface area contributed by atoms with Crippen molar-refractivity contribution in [1.29, 1.82) is 0 Å². The molecule has 0 spiro atoms. The summed E-state index contributed by atoms with van der Waals surface area (Å²) < 4.78 is 5.91. The number of halogens is 1. The zero-order chi connectivity index (χ0) is 22.4. The Balaban J connectivity index is 1.73. The lowest BCUT2D eigenvalue weighted by Gasteiger charge is -2.32. The highest BCUT2D eigenvalue weighted by molar-refractivity contribution is 6.31. The van der Waals surface area contributed by atoms with Gasteiger partial charge in [0.25, 0.3) is 0 Å². The maximum absolute atomic E-state index is 10.9. The number of carbonyl (C=O) groups excluding carboxylic acids is 1.